The fourth-order valence-corrected chi connectivity index (χ4v) is 3.71. The van der Waals surface area contributed by atoms with Crippen LogP contribution in [0.15, 0.2) is 0 Å². The first-order valence-corrected chi connectivity index (χ1v) is 8.28. The Kier molecular flexibility index (Phi) is 3.98. The van der Waals surface area contributed by atoms with Crippen molar-refractivity contribution in [2.45, 2.75) is 31.3 Å². The van der Waals surface area contributed by atoms with Crippen molar-refractivity contribution in [2.75, 3.05) is 37.7 Å². The fourth-order valence-electron chi connectivity index (χ4n) is 2.76. The van der Waals surface area contributed by atoms with Crippen molar-refractivity contribution in [1.82, 2.24) is 15.1 Å². The van der Waals surface area contributed by atoms with E-state index in [2.05, 4.69) is 5.32 Å². The van der Waals surface area contributed by atoms with E-state index in [1.165, 1.54) is 0 Å². The minimum atomic E-state index is 0.129. The first-order valence-electron chi connectivity index (χ1n) is 7.12. The van der Waals surface area contributed by atoms with Crippen LogP contribution in [-0.4, -0.2) is 71.4 Å². The predicted octanol–water partition coefficient (Wildman–Crippen LogP) is -0.0853. The molecule has 1 unspecified atom stereocenters. The van der Waals surface area contributed by atoms with Gasteiger partial charge < -0.3 is 15.1 Å². The molecule has 2 amide bonds. The summed E-state index contributed by atoms with van der Waals surface area (Å²) < 4.78 is 0. The Hall–Kier alpha value is -0.750. The summed E-state index contributed by atoms with van der Waals surface area (Å²) in [5.41, 5.74) is 0. The van der Waals surface area contributed by atoms with Gasteiger partial charge in [0, 0.05) is 49.6 Å². The highest BCUT2D eigenvalue weighted by Gasteiger charge is 2.37. The summed E-state index contributed by atoms with van der Waals surface area (Å²) in [5, 5.41) is 3.37. The van der Waals surface area contributed by atoms with Crippen LogP contribution in [-0.2, 0) is 9.59 Å². The zero-order valence-electron chi connectivity index (χ0n) is 11.1. The van der Waals surface area contributed by atoms with Gasteiger partial charge in [-0.3, -0.25) is 9.59 Å². The van der Waals surface area contributed by atoms with E-state index in [9.17, 15) is 9.59 Å². The van der Waals surface area contributed by atoms with Crippen molar-refractivity contribution in [3.8, 4) is 0 Å². The summed E-state index contributed by atoms with van der Waals surface area (Å²) in [4.78, 5) is 27.9. The lowest BCUT2D eigenvalue weighted by Crippen LogP contribution is -2.54. The number of carbonyl (C=O) groups excluding carboxylic acids is 2. The highest BCUT2D eigenvalue weighted by molar-refractivity contribution is 7.99. The zero-order chi connectivity index (χ0) is 13.2. The molecule has 0 spiro atoms. The van der Waals surface area contributed by atoms with Gasteiger partial charge in [-0.15, -0.1) is 0 Å². The molecule has 1 saturated carbocycles. The van der Waals surface area contributed by atoms with E-state index in [1.54, 1.807) is 4.90 Å². The summed E-state index contributed by atoms with van der Waals surface area (Å²) in [5.74, 6) is 2.39. The largest absolute Gasteiger partial charge is 0.336 e. The number of nitrogens with zero attached hydrogens (tertiary/aromatic N) is 2. The lowest BCUT2D eigenvalue weighted by Gasteiger charge is -2.35. The molecule has 0 bridgehead atoms. The Bertz CT molecular complexity index is 367. The maximum atomic E-state index is 12.2. The number of carbonyl (C=O) groups is 2. The number of amides is 2. The Labute approximate surface area is 118 Å². The van der Waals surface area contributed by atoms with E-state index in [1.807, 2.05) is 16.7 Å². The van der Waals surface area contributed by atoms with Crippen molar-refractivity contribution >= 4 is 23.6 Å². The molecule has 2 saturated heterocycles. The van der Waals surface area contributed by atoms with Crippen molar-refractivity contribution in [3.05, 3.63) is 0 Å². The van der Waals surface area contributed by atoms with E-state index < -0.39 is 0 Å². The fraction of sp³-hybridized carbons (Fsp3) is 0.846. The Balaban J connectivity index is 1.48. The summed E-state index contributed by atoms with van der Waals surface area (Å²) in [6, 6.07) is 0.754. The van der Waals surface area contributed by atoms with Crippen LogP contribution in [0, 0.1) is 0 Å². The van der Waals surface area contributed by atoms with E-state index in [0.29, 0.717) is 19.0 Å². The molecule has 3 aliphatic rings. The Morgan fingerprint density at radius 2 is 2.21 bits per heavy atom. The lowest BCUT2D eigenvalue weighted by atomic mass is 10.2. The topological polar surface area (TPSA) is 52.7 Å². The van der Waals surface area contributed by atoms with Crippen LogP contribution in [0.3, 0.4) is 0 Å². The normalized spacial score (nSPS) is 28.6. The standard InChI is InChI=1S/C13H21N3O2S/c17-12(7-10-9-19-6-3-14-10)15-4-5-16(11-1-2-11)13(18)8-15/h10-11,14H,1-9H2. The molecule has 5 nitrogen and oxygen atoms in total. The molecule has 0 aromatic rings. The second kappa shape index (κ2) is 5.71. The Morgan fingerprint density at radius 3 is 2.84 bits per heavy atom. The highest BCUT2D eigenvalue weighted by atomic mass is 32.2. The highest BCUT2D eigenvalue weighted by Crippen LogP contribution is 2.28. The van der Waals surface area contributed by atoms with Gasteiger partial charge in [0.25, 0.3) is 0 Å². The zero-order valence-corrected chi connectivity index (χ0v) is 12.0. The molecule has 0 radical (unpaired) electrons. The number of rotatable bonds is 3. The molecule has 3 fully saturated rings. The maximum absolute atomic E-state index is 12.2. The first kappa shape index (κ1) is 13.2. The average Bonchev–Trinajstić information content (AvgIpc) is 3.24. The third-order valence-corrected chi connectivity index (χ3v) is 5.15. The van der Waals surface area contributed by atoms with Crippen molar-refractivity contribution in [1.29, 1.82) is 0 Å². The smallest absolute Gasteiger partial charge is 0.242 e. The molecule has 1 N–H and O–H groups in total. The molecule has 19 heavy (non-hydrogen) atoms. The van der Waals surface area contributed by atoms with Crippen LogP contribution in [0.25, 0.3) is 0 Å². The molecular formula is C13H21N3O2S. The molecule has 2 aliphatic heterocycles. The van der Waals surface area contributed by atoms with Gasteiger partial charge in [0.1, 0.15) is 0 Å². The van der Waals surface area contributed by atoms with Gasteiger partial charge in [0.15, 0.2) is 0 Å². The molecule has 1 aliphatic carbocycles. The van der Waals surface area contributed by atoms with Crippen LogP contribution in [0.1, 0.15) is 19.3 Å². The number of piperazine rings is 1. The Morgan fingerprint density at radius 1 is 1.37 bits per heavy atom. The predicted molar refractivity (Wildman–Crippen MR) is 75.0 cm³/mol. The minimum Gasteiger partial charge on any atom is -0.336 e. The van der Waals surface area contributed by atoms with Crippen LogP contribution in [0.2, 0.25) is 0 Å². The van der Waals surface area contributed by atoms with Gasteiger partial charge in [0.2, 0.25) is 11.8 Å². The molecule has 1 atom stereocenters. The van der Waals surface area contributed by atoms with Gasteiger partial charge in [0.05, 0.1) is 6.54 Å². The van der Waals surface area contributed by atoms with Gasteiger partial charge in [-0.1, -0.05) is 0 Å². The quantitative estimate of drug-likeness (QED) is 0.787. The van der Waals surface area contributed by atoms with Crippen LogP contribution < -0.4 is 5.32 Å². The van der Waals surface area contributed by atoms with E-state index in [4.69, 9.17) is 0 Å². The molecule has 2 heterocycles. The van der Waals surface area contributed by atoms with Gasteiger partial charge >= 0.3 is 0 Å². The second-order valence-electron chi connectivity index (χ2n) is 5.56. The molecule has 0 aromatic carbocycles. The summed E-state index contributed by atoms with van der Waals surface area (Å²) >= 11 is 1.90. The summed E-state index contributed by atoms with van der Waals surface area (Å²) in [7, 11) is 0. The number of hydrogen-bond acceptors (Lipinski definition) is 4. The second-order valence-corrected chi connectivity index (χ2v) is 6.71. The molecule has 106 valence electrons. The van der Waals surface area contributed by atoms with E-state index >= 15 is 0 Å². The maximum Gasteiger partial charge on any atom is 0.242 e. The van der Waals surface area contributed by atoms with Gasteiger partial charge in [-0.25, -0.2) is 0 Å². The van der Waals surface area contributed by atoms with Gasteiger partial charge in [-0.05, 0) is 12.8 Å². The van der Waals surface area contributed by atoms with Crippen molar-refractivity contribution < 1.29 is 9.59 Å². The number of nitrogens with one attached hydrogen (secondary N) is 1. The number of thioether (sulfide) groups is 1. The molecule has 6 heteroatoms. The van der Waals surface area contributed by atoms with Crippen LogP contribution in [0.5, 0.6) is 0 Å². The van der Waals surface area contributed by atoms with Crippen LogP contribution in [0.4, 0.5) is 0 Å². The number of hydrogen-bond donors (Lipinski definition) is 1. The first-order chi connectivity index (χ1) is 9.24. The lowest BCUT2D eigenvalue weighted by molar-refractivity contribution is -0.145. The van der Waals surface area contributed by atoms with Gasteiger partial charge in [-0.2, -0.15) is 11.8 Å². The van der Waals surface area contributed by atoms with Crippen LogP contribution >= 0.6 is 11.8 Å². The monoisotopic (exact) mass is 283 g/mol. The third-order valence-electron chi connectivity index (χ3n) is 4.02. The van der Waals surface area contributed by atoms with Crippen molar-refractivity contribution in [2.24, 2.45) is 0 Å². The van der Waals surface area contributed by atoms with E-state index in [-0.39, 0.29) is 24.4 Å². The van der Waals surface area contributed by atoms with E-state index in [0.717, 1.165) is 37.4 Å². The molecular weight excluding hydrogens is 262 g/mol. The third kappa shape index (κ3) is 3.23. The summed E-state index contributed by atoms with van der Waals surface area (Å²) in [6.07, 6.45) is 2.81. The minimum absolute atomic E-state index is 0.129. The SMILES string of the molecule is O=C(CC1CSCCN1)N1CCN(C2CC2)C(=O)C1. The molecule has 0 aromatic heterocycles. The molecule has 3 rings (SSSR count). The van der Waals surface area contributed by atoms with Crippen molar-refractivity contribution in [3.63, 3.8) is 0 Å². The summed E-state index contributed by atoms with van der Waals surface area (Å²) in [6.45, 7) is 2.70. The average molecular weight is 283 g/mol.